The molecule has 14 heavy (non-hydrogen) atoms. The monoisotopic (exact) mass is 208 g/mol. The van der Waals surface area contributed by atoms with Gasteiger partial charge in [0.25, 0.3) is 0 Å². The van der Waals surface area contributed by atoms with Crippen molar-refractivity contribution < 1.29 is 0 Å². The van der Waals surface area contributed by atoms with Crippen molar-refractivity contribution in [3.63, 3.8) is 0 Å². The molecule has 2 nitrogen and oxygen atoms in total. The first-order valence-electron chi connectivity index (χ1n) is 4.74. The summed E-state index contributed by atoms with van der Waals surface area (Å²) in [6.45, 7) is 2.10. The Morgan fingerprint density at radius 3 is 2.93 bits per heavy atom. The summed E-state index contributed by atoms with van der Waals surface area (Å²) in [5.74, 6) is 8.14. The first kappa shape index (κ1) is 11.3. The molecule has 3 heteroatoms. The minimum Gasteiger partial charge on any atom is -0.271 e. The topological polar surface area (TPSA) is 38.0 Å². The maximum atomic E-state index is 5.50. The molecule has 1 aromatic rings. The lowest BCUT2D eigenvalue weighted by Crippen LogP contribution is -2.27. The van der Waals surface area contributed by atoms with E-state index in [0.717, 1.165) is 19.3 Å². The fraction of sp³-hybridized carbons (Fsp3) is 0.455. The van der Waals surface area contributed by atoms with Crippen molar-refractivity contribution in [3.05, 3.63) is 21.9 Å². The summed E-state index contributed by atoms with van der Waals surface area (Å²) in [5, 5.41) is 0. The second kappa shape index (κ2) is 5.82. The summed E-state index contributed by atoms with van der Waals surface area (Å²) < 4.78 is 0. The predicted molar refractivity (Wildman–Crippen MR) is 61.8 cm³/mol. The minimum absolute atomic E-state index is 0.252. The van der Waals surface area contributed by atoms with Crippen molar-refractivity contribution in [2.75, 3.05) is 0 Å². The number of thiophene rings is 1. The van der Waals surface area contributed by atoms with Crippen LogP contribution in [0.1, 0.15) is 35.1 Å². The number of unbranched alkanes of at least 4 members (excludes halogenated alkanes) is 1. The van der Waals surface area contributed by atoms with E-state index in [9.17, 15) is 0 Å². The fourth-order valence-electron chi connectivity index (χ4n) is 1.36. The van der Waals surface area contributed by atoms with Crippen LogP contribution >= 0.6 is 11.3 Å². The molecule has 0 aliphatic rings. The second-order valence-electron chi connectivity index (χ2n) is 3.26. The molecule has 1 atom stereocenters. The Hall–Kier alpha value is -0.820. The molecule has 0 aliphatic heterocycles. The highest BCUT2D eigenvalue weighted by Crippen LogP contribution is 2.25. The second-order valence-corrected chi connectivity index (χ2v) is 4.58. The molecule has 1 heterocycles. The van der Waals surface area contributed by atoms with Gasteiger partial charge >= 0.3 is 0 Å². The van der Waals surface area contributed by atoms with Crippen LogP contribution in [-0.4, -0.2) is 0 Å². The van der Waals surface area contributed by atoms with Gasteiger partial charge in [0, 0.05) is 16.2 Å². The zero-order chi connectivity index (χ0) is 10.4. The van der Waals surface area contributed by atoms with Crippen LogP contribution in [0.3, 0.4) is 0 Å². The average Bonchev–Trinajstić information content (AvgIpc) is 2.60. The summed E-state index contributed by atoms with van der Waals surface area (Å²) >= 11 is 1.78. The van der Waals surface area contributed by atoms with Gasteiger partial charge in [0.15, 0.2) is 0 Å². The van der Waals surface area contributed by atoms with Crippen LogP contribution in [0, 0.1) is 19.3 Å². The van der Waals surface area contributed by atoms with Gasteiger partial charge in [-0.2, -0.15) is 0 Å². The number of hydrogen-bond acceptors (Lipinski definition) is 3. The first-order chi connectivity index (χ1) is 6.77. The molecular formula is C11H16N2S. The largest absolute Gasteiger partial charge is 0.271 e. The smallest absolute Gasteiger partial charge is 0.0553 e. The Labute approximate surface area is 89.5 Å². The summed E-state index contributed by atoms with van der Waals surface area (Å²) in [6.07, 6.45) is 8.04. The lowest BCUT2D eigenvalue weighted by Gasteiger charge is -2.12. The van der Waals surface area contributed by atoms with Crippen molar-refractivity contribution in [2.24, 2.45) is 5.84 Å². The minimum atomic E-state index is 0.252. The quantitative estimate of drug-likeness (QED) is 0.337. The number of nitrogens with two attached hydrogens (primary N) is 1. The van der Waals surface area contributed by atoms with Crippen LogP contribution in [0.25, 0.3) is 0 Å². The third-order valence-electron chi connectivity index (χ3n) is 2.12. The van der Waals surface area contributed by atoms with Crippen LogP contribution in [-0.2, 0) is 0 Å². The molecule has 76 valence electrons. The van der Waals surface area contributed by atoms with Crippen molar-refractivity contribution >= 4 is 11.3 Å². The molecule has 0 saturated carbocycles. The van der Waals surface area contributed by atoms with Gasteiger partial charge in [-0.3, -0.25) is 11.3 Å². The van der Waals surface area contributed by atoms with Gasteiger partial charge in [-0.05, 0) is 31.9 Å². The van der Waals surface area contributed by atoms with E-state index in [1.54, 1.807) is 11.3 Å². The standard InChI is InChI=1S/C11H16N2S/c1-3-4-5-6-10(13-12)11-8-7-9(2)14-11/h1,7-8,10,13H,4-6,12H2,2H3. The van der Waals surface area contributed by atoms with Gasteiger partial charge in [-0.25, -0.2) is 0 Å². The van der Waals surface area contributed by atoms with E-state index >= 15 is 0 Å². The van der Waals surface area contributed by atoms with Gasteiger partial charge in [0.2, 0.25) is 0 Å². The molecular weight excluding hydrogens is 192 g/mol. The Kier molecular flexibility index (Phi) is 4.68. The van der Waals surface area contributed by atoms with E-state index in [-0.39, 0.29) is 6.04 Å². The highest BCUT2D eigenvalue weighted by Gasteiger charge is 2.10. The fourth-order valence-corrected chi connectivity index (χ4v) is 2.33. The van der Waals surface area contributed by atoms with Gasteiger partial charge in [0.1, 0.15) is 0 Å². The van der Waals surface area contributed by atoms with Crippen LogP contribution in [0.5, 0.6) is 0 Å². The number of hydrogen-bond donors (Lipinski definition) is 2. The molecule has 0 bridgehead atoms. The molecule has 1 rings (SSSR count). The molecule has 0 saturated heterocycles. The number of hydrazine groups is 1. The van der Waals surface area contributed by atoms with E-state index in [2.05, 4.69) is 30.4 Å². The average molecular weight is 208 g/mol. The molecule has 1 unspecified atom stereocenters. The van der Waals surface area contributed by atoms with Crippen LogP contribution in [0.2, 0.25) is 0 Å². The van der Waals surface area contributed by atoms with Gasteiger partial charge in [0.05, 0.1) is 6.04 Å². The number of terminal acetylenes is 1. The van der Waals surface area contributed by atoms with Crippen LogP contribution in [0.4, 0.5) is 0 Å². The van der Waals surface area contributed by atoms with E-state index < -0.39 is 0 Å². The van der Waals surface area contributed by atoms with E-state index in [1.165, 1.54) is 9.75 Å². The Bertz CT molecular complexity index is 311. The molecule has 1 aromatic heterocycles. The number of rotatable bonds is 5. The maximum Gasteiger partial charge on any atom is 0.0553 e. The summed E-state index contributed by atoms with van der Waals surface area (Å²) in [5.41, 5.74) is 2.83. The SMILES string of the molecule is C#CCCCC(NN)c1ccc(C)s1. The molecule has 3 N–H and O–H groups in total. The first-order valence-corrected chi connectivity index (χ1v) is 5.55. The van der Waals surface area contributed by atoms with Crippen LogP contribution < -0.4 is 11.3 Å². The lowest BCUT2D eigenvalue weighted by atomic mass is 10.1. The van der Waals surface area contributed by atoms with E-state index in [0.29, 0.717) is 0 Å². The summed E-state index contributed by atoms with van der Waals surface area (Å²) in [4.78, 5) is 2.61. The lowest BCUT2D eigenvalue weighted by molar-refractivity contribution is 0.509. The third kappa shape index (κ3) is 3.15. The van der Waals surface area contributed by atoms with E-state index in [1.807, 2.05) is 0 Å². The Balaban J connectivity index is 2.50. The Morgan fingerprint density at radius 2 is 2.43 bits per heavy atom. The van der Waals surface area contributed by atoms with E-state index in [4.69, 9.17) is 12.3 Å². The number of aryl methyl sites for hydroxylation is 1. The molecule has 0 aromatic carbocycles. The summed E-state index contributed by atoms with van der Waals surface area (Å²) in [6, 6.07) is 4.49. The summed E-state index contributed by atoms with van der Waals surface area (Å²) in [7, 11) is 0. The molecule has 0 spiro atoms. The number of nitrogens with one attached hydrogen (secondary N) is 1. The molecule has 0 fully saturated rings. The van der Waals surface area contributed by atoms with Crippen molar-refractivity contribution in [1.29, 1.82) is 0 Å². The normalized spacial score (nSPS) is 12.4. The molecule has 0 radical (unpaired) electrons. The van der Waals surface area contributed by atoms with Crippen molar-refractivity contribution in [2.45, 2.75) is 32.2 Å². The highest BCUT2D eigenvalue weighted by atomic mass is 32.1. The maximum absolute atomic E-state index is 5.50. The van der Waals surface area contributed by atoms with Gasteiger partial charge < -0.3 is 0 Å². The third-order valence-corrected chi connectivity index (χ3v) is 3.23. The predicted octanol–water partition coefficient (Wildman–Crippen LogP) is 2.36. The molecule has 0 aliphatic carbocycles. The zero-order valence-corrected chi connectivity index (χ0v) is 9.23. The van der Waals surface area contributed by atoms with Gasteiger partial charge in [-0.1, -0.05) is 0 Å². The zero-order valence-electron chi connectivity index (χ0n) is 8.42. The highest BCUT2D eigenvalue weighted by molar-refractivity contribution is 7.12. The van der Waals surface area contributed by atoms with Crippen molar-refractivity contribution in [3.8, 4) is 12.3 Å². The van der Waals surface area contributed by atoms with Crippen LogP contribution in [0.15, 0.2) is 12.1 Å². The Morgan fingerprint density at radius 1 is 1.64 bits per heavy atom. The van der Waals surface area contributed by atoms with Gasteiger partial charge in [-0.15, -0.1) is 23.7 Å². The molecule has 0 amide bonds. The van der Waals surface area contributed by atoms with Crippen molar-refractivity contribution in [1.82, 2.24) is 5.43 Å².